The zero-order valence-corrected chi connectivity index (χ0v) is 19.0. The Kier molecular flexibility index (Phi) is 7.60. The summed E-state index contributed by atoms with van der Waals surface area (Å²) in [6.07, 6.45) is 1.76. The maximum absolute atomic E-state index is 12.5. The molecule has 3 rings (SSSR count). The molecule has 172 valence electrons. The molecule has 1 saturated heterocycles. The van der Waals surface area contributed by atoms with Crippen molar-refractivity contribution in [2.24, 2.45) is 5.92 Å². The lowest BCUT2D eigenvalue weighted by atomic mass is 9.98. The number of likely N-dealkylation sites (tertiary alicyclic amines) is 1. The molecule has 1 unspecified atom stereocenters. The number of sulfonamides is 1. The number of hydrogen-bond donors (Lipinski definition) is 2. The lowest BCUT2D eigenvalue weighted by Gasteiger charge is -2.32. The van der Waals surface area contributed by atoms with Crippen LogP contribution in [0, 0.1) is 29.9 Å². The quantitative estimate of drug-likeness (QED) is 0.461. The number of nitro benzene ring substituents is 1. The molecule has 1 amide bonds. The second-order valence-electron chi connectivity index (χ2n) is 8.21. The minimum Gasteiger partial charge on any atom is -0.325 e. The third kappa shape index (κ3) is 6.35. The molecule has 1 aliphatic heterocycles. The summed E-state index contributed by atoms with van der Waals surface area (Å²) in [5, 5.41) is 13.7. The van der Waals surface area contributed by atoms with Crippen LogP contribution in [0.1, 0.15) is 24.0 Å². The first kappa shape index (κ1) is 23.8. The van der Waals surface area contributed by atoms with Crippen LogP contribution in [-0.4, -0.2) is 50.3 Å². The van der Waals surface area contributed by atoms with E-state index in [-0.39, 0.29) is 29.0 Å². The van der Waals surface area contributed by atoms with Crippen LogP contribution in [0.3, 0.4) is 0 Å². The Balaban J connectivity index is 1.52. The number of hydrogen-bond acceptors (Lipinski definition) is 6. The maximum atomic E-state index is 12.5. The van der Waals surface area contributed by atoms with Crippen LogP contribution in [0.15, 0.2) is 47.4 Å². The first-order valence-electron chi connectivity index (χ1n) is 10.5. The summed E-state index contributed by atoms with van der Waals surface area (Å²) in [6.45, 7) is 5.48. The predicted molar refractivity (Wildman–Crippen MR) is 122 cm³/mol. The van der Waals surface area contributed by atoms with Gasteiger partial charge in [-0.25, -0.2) is 13.1 Å². The van der Waals surface area contributed by atoms with Gasteiger partial charge in [0.05, 0.1) is 16.4 Å². The number of carbonyl (C=O) groups is 1. The third-order valence-electron chi connectivity index (χ3n) is 5.56. The van der Waals surface area contributed by atoms with Gasteiger partial charge < -0.3 is 5.32 Å². The van der Waals surface area contributed by atoms with Gasteiger partial charge >= 0.3 is 0 Å². The fourth-order valence-corrected chi connectivity index (χ4v) is 4.90. The number of amides is 1. The maximum Gasteiger partial charge on any atom is 0.269 e. The van der Waals surface area contributed by atoms with Crippen LogP contribution in [-0.2, 0) is 14.8 Å². The number of nitro groups is 1. The fraction of sp³-hybridized carbons (Fsp3) is 0.409. The number of benzene rings is 2. The number of aryl methyl sites for hydroxylation is 2. The summed E-state index contributed by atoms with van der Waals surface area (Å²) >= 11 is 0. The van der Waals surface area contributed by atoms with Gasteiger partial charge in [0.15, 0.2) is 0 Å². The van der Waals surface area contributed by atoms with E-state index < -0.39 is 14.9 Å². The monoisotopic (exact) mass is 460 g/mol. The van der Waals surface area contributed by atoms with Crippen molar-refractivity contribution >= 4 is 27.3 Å². The summed E-state index contributed by atoms with van der Waals surface area (Å²) in [5.41, 5.74) is 2.14. The molecule has 1 aliphatic rings. The lowest BCUT2D eigenvalue weighted by Crippen LogP contribution is -2.43. The molecule has 1 atom stereocenters. The van der Waals surface area contributed by atoms with E-state index >= 15 is 0 Å². The highest BCUT2D eigenvalue weighted by atomic mass is 32.2. The Morgan fingerprint density at radius 2 is 1.91 bits per heavy atom. The highest BCUT2D eigenvalue weighted by molar-refractivity contribution is 7.89. The van der Waals surface area contributed by atoms with E-state index in [1.807, 2.05) is 11.8 Å². The Labute approximate surface area is 188 Å². The van der Waals surface area contributed by atoms with E-state index in [1.54, 1.807) is 31.2 Å². The van der Waals surface area contributed by atoms with Gasteiger partial charge in [-0.1, -0.05) is 17.7 Å². The van der Waals surface area contributed by atoms with Crippen molar-refractivity contribution < 1.29 is 18.1 Å². The molecule has 10 heteroatoms. The van der Waals surface area contributed by atoms with Gasteiger partial charge in [-0.3, -0.25) is 19.8 Å². The van der Waals surface area contributed by atoms with Crippen molar-refractivity contribution in [3.05, 3.63) is 63.7 Å². The number of rotatable bonds is 8. The largest absolute Gasteiger partial charge is 0.325 e. The molecular weight excluding hydrogens is 432 g/mol. The van der Waals surface area contributed by atoms with E-state index in [0.29, 0.717) is 24.3 Å². The molecule has 0 radical (unpaired) electrons. The van der Waals surface area contributed by atoms with Crippen LogP contribution in [0.5, 0.6) is 0 Å². The number of non-ortho nitro benzene ring substituents is 1. The average Bonchev–Trinajstić information content (AvgIpc) is 2.74. The van der Waals surface area contributed by atoms with Crippen LogP contribution in [0.2, 0.25) is 0 Å². The summed E-state index contributed by atoms with van der Waals surface area (Å²) in [5.74, 6) is -0.0966. The van der Waals surface area contributed by atoms with Crippen LogP contribution >= 0.6 is 0 Å². The molecule has 2 N–H and O–H groups in total. The number of nitrogens with zero attached hydrogens (tertiary/aromatic N) is 2. The molecule has 32 heavy (non-hydrogen) atoms. The number of anilines is 1. The first-order valence-corrected chi connectivity index (χ1v) is 12.0. The molecule has 2 aromatic rings. The van der Waals surface area contributed by atoms with Crippen LogP contribution < -0.4 is 10.0 Å². The minimum atomic E-state index is -3.57. The summed E-state index contributed by atoms with van der Waals surface area (Å²) < 4.78 is 27.7. The molecule has 0 aliphatic carbocycles. The summed E-state index contributed by atoms with van der Waals surface area (Å²) in [6, 6.07) is 11.0. The van der Waals surface area contributed by atoms with E-state index in [2.05, 4.69) is 10.0 Å². The highest BCUT2D eigenvalue weighted by Crippen LogP contribution is 2.22. The first-order chi connectivity index (χ1) is 15.1. The zero-order valence-electron chi connectivity index (χ0n) is 18.2. The van der Waals surface area contributed by atoms with Crippen molar-refractivity contribution in [3.63, 3.8) is 0 Å². The van der Waals surface area contributed by atoms with Crippen molar-refractivity contribution in [1.29, 1.82) is 0 Å². The van der Waals surface area contributed by atoms with Gasteiger partial charge in [-0.2, -0.15) is 0 Å². The summed E-state index contributed by atoms with van der Waals surface area (Å²) in [4.78, 5) is 25.1. The van der Waals surface area contributed by atoms with Gasteiger partial charge in [0, 0.05) is 30.9 Å². The van der Waals surface area contributed by atoms with Crippen molar-refractivity contribution in [2.45, 2.75) is 31.6 Å². The molecule has 2 aromatic carbocycles. The third-order valence-corrected chi connectivity index (χ3v) is 7.00. The molecule has 1 fully saturated rings. The number of carbonyl (C=O) groups excluding carboxylic acids is 1. The normalized spacial score (nSPS) is 17.1. The van der Waals surface area contributed by atoms with Gasteiger partial charge in [-0.15, -0.1) is 0 Å². The Hall–Kier alpha value is -2.82. The number of piperidine rings is 1. The molecular formula is C22H28N4O5S. The van der Waals surface area contributed by atoms with Crippen LogP contribution in [0.25, 0.3) is 0 Å². The molecule has 0 saturated carbocycles. The van der Waals surface area contributed by atoms with Crippen molar-refractivity contribution in [2.75, 3.05) is 31.5 Å². The lowest BCUT2D eigenvalue weighted by molar-refractivity contribution is -0.384. The Morgan fingerprint density at radius 3 is 2.56 bits per heavy atom. The molecule has 0 bridgehead atoms. The second kappa shape index (κ2) is 10.2. The fourth-order valence-electron chi connectivity index (χ4n) is 3.78. The Bertz CT molecular complexity index is 1090. The standard InChI is InChI=1S/C22H28N4O5S/c1-16-5-8-20(9-6-16)32(30,31)23-13-18-4-3-11-25(14-18)15-22(27)24-21-10-7-19(26(28)29)12-17(21)2/h5-10,12,18,23H,3-4,11,13-15H2,1-2H3,(H,24,27). The Morgan fingerprint density at radius 1 is 1.19 bits per heavy atom. The predicted octanol–water partition coefficient (Wildman–Crippen LogP) is 2.84. The van der Waals surface area contributed by atoms with Gasteiger partial charge in [0.25, 0.3) is 5.69 Å². The zero-order chi connectivity index (χ0) is 23.3. The SMILES string of the molecule is Cc1ccc(S(=O)(=O)NCC2CCCN(CC(=O)Nc3ccc([N+](=O)[O-])cc3C)C2)cc1. The van der Waals surface area contributed by atoms with Crippen molar-refractivity contribution in [3.8, 4) is 0 Å². The van der Waals surface area contributed by atoms with E-state index in [4.69, 9.17) is 0 Å². The molecule has 0 spiro atoms. The van der Waals surface area contributed by atoms with Gasteiger partial charge in [-0.05, 0) is 62.9 Å². The molecule has 0 aromatic heterocycles. The average molecular weight is 461 g/mol. The van der Waals surface area contributed by atoms with Gasteiger partial charge in [0.1, 0.15) is 0 Å². The van der Waals surface area contributed by atoms with E-state index in [1.165, 1.54) is 18.2 Å². The minimum absolute atomic E-state index is 0.0209. The van der Waals surface area contributed by atoms with E-state index in [9.17, 15) is 23.3 Å². The van der Waals surface area contributed by atoms with Gasteiger partial charge in [0.2, 0.25) is 15.9 Å². The summed E-state index contributed by atoms with van der Waals surface area (Å²) in [7, 11) is -3.57. The molecule has 9 nitrogen and oxygen atoms in total. The second-order valence-corrected chi connectivity index (χ2v) is 9.98. The molecule has 1 heterocycles. The van der Waals surface area contributed by atoms with E-state index in [0.717, 1.165) is 24.9 Å². The van der Waals surface area contributed by atoms with Crippen LogP contribution in [0.4, 0.5) is 11.4 Å². The highest BCUT2D eigenvalue weighted by Gasteiger charge is 2.24. The van der Waals surface area contributed by atoms with Crippen molar-refractivity contribution in [1.82, 2.24) is 9.62 Å². The topological polar surface area (TPSA) is 122 Å². The number of nitrogens with one attached hydrogen (secondary N) is 2. The smallest absolute Gasteiger partial charge is 0.269 e.